The van der Waals surface area contributed by atoms with Gasteiger partial charge in [0, 0.05) is 27.4 Å². The molecule has 0 saturated carbocycles. The zero-order valence-electron chi connectivity index (χ0n) is 14.6. The molecule has 2 aromatic carbocycles. The third-order valence-electron chi connectivity index (χ3n) is 4.18. The lowest BCUT2D eigenvalue weighted by Crippen LogP contribution is -2.25. The molecule has 1 aromatic heterocycles. The van der Waals surface area contributed by atoms with E-state index < -0.39 is 27.4 Å². The standard InChI is InChI=1S/C19H13BrF3NO3S/c1-10-16(18(25)19(21,22)23)17(14-9-12(20)5-8-15(14)24-10)11-3-6-13(7-4-11)28(2,26)27/h3-9H,1-2H3. The van der Waals surface area contributed by atoms with E-state index in [0.29, 0.717) is 15.4 Å². The van der Waals surface area contributed by atoms with E-state index in [9.17, 15) is 26.4 Å². The van der Waals surface area contributed by atoms with Crippen molar-refractivity contribution in [2.75, 3.05) is 6.26 Å². The molecule has 0 aliphatic carbocycles. The monoisotopic (exact) mass is 471 g/mol. The smallest absolute Gasteiger partial charge is 0.284 e. The highest BCUT2D eigenvalue weighted by molar-refractivity contribution is 9.10. The Morgan fingerprint density at radius 3 is 2.21 bits per heavy atom. The molecule has 9 heteroatoms. The lowest BCUT2D eigenvalue weighted by atomic mass is 9.92. The molecule has 4 nitrogen and oxygen atoms in total. The van der Waals surface area contributed by atoms with Crippen LogP contribution in [0.4, 0.5) is 13.2 Å². The molecule has 0 aliphatic heterocycles. The van der Waals surface area contributed by atoms with E-state index in [2.05, 4.69) is 20.9 Å². The number of pyridine rings is 1. The molecule has 0 fully saturated rings. The number of hydrogen-bond donors (Lipinski definition) is 0. The molecule has 28 heavy (non-hydrogen) atoms. The molecule has 0 aliphatic rings. The third-order valence-corrected chi connectivity index (χ3v) is 5.81. The SMILES string of the molecule is Cc1nc2ccc(Br)cc2c(-c2ccc(S(C)(=O)=O)cc2)c1C(=O)C(F)(F)F. The number of carbonyl (C=O) groups is 1. The molecule has 3 aromatic rings. The summed E-state index contributed by atoms with van der Waals surface area (Å²) in [6.07, 6.45) is -4.04. The van der Waals surface area contributed by atoms with Crippen molar-refractivity contribution in [1.82, 2.24) is 4.98 Å². The van der Waals surface area contributed by atoms with Crippen molar-refractivity contribution in [2.24, 2.45) is 0 Å². The van der Waals surface area contributed by atoms with E-state index in [1.807, 2.05) is 0 Å². The van der Waals surface area contributed by atoms with E-state index in [1.54, 1.807) is 18.2 Å². The normalized spacial score (nSPS) is 12.4. The molecule has 0 N–H and O–H groups in total. The lowest BCUT2D eigenvalue weighted by molar-refractivity contribution is -0.0885. The number of aromatic nitrogens is 1. The summed E-state index contributed by atoms with van der Waals surface area (Å²) in [7, 11) is -3.48. The first-order valence-corrected chi connectivity index (χ1v) is 10.6. The molecule has 0 saturated heterocycles. The van der Waals surface area contributed by atoms with Crippen LogP contribution in [0.1, 0.15) is 16.1 Å². The minimum atomic E-state index is -5.08. The van der Waals surface area contributed by atoms with Gasteiger partial charge in [0.25, 0.3) is 5.78 Å². The van der Waals surface area contributed by atoms with Crippen molar-refractivity contribution in [1.29, 1.82) is 0 Å². The highest BCUT2D eigenvalue weighted by Gasteiger charge is 2.42. The third kappa shape index (κ3) is 3.81. The molecule has 0 atom stereocenters. The van der Waals surface area contributed by atoms with Crippen LogP contribution in [-0.2, 0) is 9.84 Å². The molecule has 0 unspecified atom stereocenters. The van der Waals surface area contributed by atoms with Gasteiger partial charge in [0.05, 0.1) is 16.0 Å². The Morgan fingerprint density at radius 1 is 1.07 bits per heavy atom. The van der Waals surface area contributed by atoms with Crippen LogP contribution < -0.4 is 0 Å². The average Bonchev–Trinajstić information content (AvgIpc) is 2.59. The van der Waals surface area contributed by atoms with Gasteiger partial charge < -0.3 is 0 Å². The van der Waals surface area contributed by atoms with E-state index >= 15 is 0 Å². The summed E-state index contributed by atoms with van der Waals surface area (Å²) >= 11 is 3.28. The molecule has 1 heterocycles. The van der Waals surface area contributed by atoms with Crippen molar-refractivity contribution in [3.05, 3.63) is 58.2 Å². The largest absolute Gasteiger partial charge is 0.454 e. The second-order valence-electron chi connectivity index (χ2n) is 6.23. The second-order valence-corrected chi connectivity index (χ2v) is 9.16. The lowest BCUT2D eigenvalue weighted by Gasteiger charge is -2.17. The summed E-state index contributed by atoms with van der Waals surface area (Å²) in [5, 5.41) is 0.347. The summed E-state index contributed by atoms with van der Waals surface area (Å²) < 4.78 is 63.7. The number of hydrogen-bond acceptors (Lipinski definition) is 4. The Morgan fingerprint density at radius 2 is 1.68 bits per heavy atom. The summed E-state index contributed by atoms with van der Waals surface area (Å²) in [4.78, 5) is 16.3. The Balaban J connectivity index is 2.41. The van der Waals surface area contributed by atoms with Gasteiger partial charge >= 0.3 is 6.18 Å². The first-order chi connectivity index (χ1) is 12.9. The number of carbonyl (C=O) groups excluding carboxylic acids is 1. The Labute approximate surface area is 167 Å². The summed E-state index contributed by atoms with van der Waals surface area (Å²) in [5.74, 6) is -2.00. The Bertz CT molecular complexity index is 1200. The number of alkyl halides is 3. The number of nitrogens with zero attached hydrogens (tertiary/aromatic N) is 1. The Kier molecular flexibility index (Phi) is 5.09. The number of aryl methyl sites for hydroxylation is 1. The number of benzene rings is 2. The van der Waals surface area contributed by atoms with Crippen LogP contribution in [0.25, 0.3) is 22.0 Å². The first kappa shape index (κ1) is 20.5. The van der Waals surface area contributed by atoms with Crippen LogP contribution in [0.3, 0.4) is 0 Å². The second kappa shape index (κ2) is 6.97. The van der Waals surface area contributed by atoms with E-state index in [-0.39, 0.29) is 21.7 Å². The highest BCUT2D eigenvalue weighted by Crippen LogP contribution is 2.37. The fourth-order valence-corrected chi connectivity index (χ4v) is 3.94. The van der Waals surface area contributed by atoms with E-state index in [4.69, 9.17) is 0 Å². The van der Waals surface area contributed by atoms with Crippen molar-refractivity contribution in [3.8, 4) is 11.1 Å². The van der Waals surface area contributed by atoms with Gasteiger partial charge in [-0.15, -0.1) is 0 Å². The number of sulfone groups is 1. The molecule has 146 valence electrons. The van der Waals surface area contributed by atoms with Crippen LogP contribution in [0.5, 0.6) is 0 Å². The molecule has 0 radical (unpaired) electrons. The van der Waals surface area contributed by atoms with Gasteiger partial charge in [-0.3, -0.25) is 9.78 Å². The maximum atomic E-state index is 13.2. The van der Waals surface area contributed by atoms with Crippen LogP contribution >= 0.6 is 15.9 Å². The summed E-state index contributed by atoms with van der Waals surface area (Å²) in [6, 6.07) is 10.3. The zero-order chi connectivity index (χ0) is 20.9. The fourth-order valence-electron chi connectivity index (χ4n) is 2.95. The maximum Gasteiger partial charge on any atom is 0.454 e. The van der Waals surface area contributed by atoms with Crippen molar-refractivity contribution < 1.29 is 26.4 Å². The minimum Gasteiger partial charge on any atom is -0.284 e. The number of fused-ring (bicyclic) bond motifs is 1. The topological polar surface area (TPSA) is 64.1 Å². The Hall–Kier alpha value is -2.26. The first-order valence-electron chi connectivity index (χ1n) is 7.91. The van der Waals surface area contributed by atoms with E-state index in [0.717, 1.165) is 6.26 Å². The van der Waals surface area contributed by atoms with Gasteiger partial charge in [-0.25, -0.2) is 8.42 Å². The van der Waals surface area contributed by atoms with Gasteiger partial charge in [0.15, 0.2) is 9.84 Å². The molecule has 0 amide bonds. The van der Waals surface area contributed by atoms with E-state index in [1.165, 1.54) is 31.2 Å². The fraction of sp³-hybridized carbons (Fsp3) is 0.158. The zero-order valence-corrected chi connectivity index (χ0v) is 17.0. The predicted octanol–water partition coefficient (Wildman–Crippen LogP) is 5.12. The van der Waals surface area contributed by atoms with Crippen LogP contribution in [0.15, 0.2) is 51.8 Å². The van der Waals surface area contributed by atoms with Crippen LogP contribution in [-0.4, -0.2) is 31.6 Å². The van der Waals surface area contributed by atoms with Crippen molar-refractivity contribution in [2.45, 2.75) is 18.0 Å². The van der Waals surface area contributed by atoms with Gasteiger partial charge in [-0.1, -0.05) is 28.1 Å². The quantitative estimate of drug-likeness (QED) is 0.497. The number of rotatable bonds is 3. The number of halogens is 4. The molecule has 3 rings (SSSR count). The molecular formula is C19H13BrF3NO3S. The number of Topliss-reactive ketones (excluding diaryl/α,β-unsaturated/α-hetero) is 1. The van der Waals surface area contributed by atoms with Crippen LogP contribution in [0.2, 0.25) is 0 Å². The van der Waals surface area contributed by atoms with Crippen molar-refractivity contribution >= 4 is 42.5 Å². The number of ketones is 1. The molecule has 0 bridgehead atoms. The van der Waals surface area contributed by atoms with Gasteiger partial charge in [0.2, 0.25) is 0 Å². The molecule has 0 spiro atoms. The van der Waals surface area contributed by atoms with Crippen LogP contribution in [0, 0.1) is 6.92 Å². The average molecular weight is 472 g/mol. The van der Waals surface area contributed by atoms with Gasteiger partial charge in [-0.05, 0) is 42.8 Å². The van der Waals surface area contributed by atoms with Gasteiger partial charge in [-0.2, -0.15) is 13.2 Å². The summed E-state index contributed by atoms with van der Waals surface area (Å²) in [5.41, 5.74) is 0.158. The molecular weight excluding hydrogens is 459 g/mol. The summed E-state index contributed by atoms with van der Waals surface area (Å²) in [6.45, 7) is 1.34. The minimum absolute atomic E-state index is 0.0243. The predicted molar refractivity (Wildman–Crippen MR) is 103 cm³/mol. The van der Waals surface area contributed by atoms with Crippen molar-refractivity contribution in [3.63, 3.8) is 0 Å². The highest BCUT2D eigenvalue weighted by atomic mass is 79.9. The van der Waals surface area contributed by atoms with Gasteiger partial charge in [0.1, 0.15) is 0 Å². The maximum absolute atomic E-state index is 13.2.